The van der Waals surface area contributed by atoms with Gasteiger partial charge in [0, 0.05) is 11.9 Å². The van der Waals surface area contributed by atoms with Crippen molar-refractivity contribution in [2.75, 3.05) is 5.32 Å². The lowest BCUT2D eigenvalue weighted by molar-refractivity contribution is 0.626. The molecular formula is C16H14FN3. The first-order valence-corrected chi connectivity index (χ1v) is 6.36. The number of nitrogens with zero attached hydrogens (tertiary/aromatic N) is 2. The second-order valence-corrected chi connectivity index (χ2v) is 4.55. The van der Waals surface area contributed by atoms with Crippen molar-refractivity contribution < 1.29 is 4.39 Å². The van der Waals surface area contributed by atoms with Gasteiger partial charge in [-0.05, 0) is 37.3 Å². The van der Waals surface area contributed by atoms with Gasteiger partial charge in [-0.2, -0.15) is 0 Å². The zero-order chi connectivity index (χ0) is 13.9. The molecule has 2 aromatic carbocycles. The number of halogens is 1. The van der Waals surface area contributed by atoms with Gasteiger partial charge in [0.25, 0.3) is 0 Å². The van der Waals surface area contributed by atoms with Crippen LogP contribution in [0.3, 0.4) is 0 Å². The second-order valence-electron chi connectivity index (χ2n) is 4.55. The topological polar surface area (TPSA) is 29.9 Å². The predicted molar refractivity (Wildman–Crippen MR) is 78.0 cm³/mol. The molecule has 1 aromatic heterocycles. The molecule has 0 aliphatic heterocycles. The number of anilines is 2. The van der Waals surface area contributed by atoms with Crippen molar-refractivity contribution in [3.05, 3.63) is 72.3 Å². The predicted octanol–water partition coefficient (Wildman–Crippen LogP) is 4.06. The Hall–Kier alpha value is -2.62. The molecule has 0 unspecified atom stereocenters. The van der Waals surface area contributed by atoms with Gasteiger partial charge in [-0.25, -0.2) is 9.37 Å². The summed E-state index contributed by atoms with van der Waals surface area (Å²) in [5.41, 5.74) is 2.55. The van der Waals surface area contributed by atoms with Crippen LogP contribution in [0, 0.1) is 12.7 Å². The normalized spacial score (nSPS) is 10.5. The Balaban J connectivity index is 2.00. The highest BCUT2D eigenvalue weighted by Gasteiger charge is 2.08. The molecule has 100 valence electrons. The molecule has 1 heterocycles. The third-order valence-corrected chi connectivity index (χ3v) is 2.94. The quantitative estimate of drug-likeness (QED) is 0.775. The number of para-hydroxylation sites is 1. The number of aryl methyl sites for hydroxylation is 1. The van der Waals surface area contributed by atoms with Crippen molar-refractivity contribution in [3.63, 3.8) is 0 Å². The van der Waals surface area contributed by atoms with E-state index < -0.39 is 0 Å². The van der Waals surface area contributed by atoms with Gasteiger partial charge >= 0.3 is 0 Å². The van der Waals surface area contributed by atoms with Crippen molar-refractivity contribution in [2.45, 2.75) is 6.92 Å². The smallest absolute Gasteiger partial charge is 0.212 e. The van der Waals surface area contributed by atoms with Crippen LogP contribution in [0.25, 0.3) is 5.69 Å². The second kappa shape index (κ2) is 5.17. The van der Waals surface area contributed by atoms with Crippen LogP contribution in [0.4, 0.5) is 16.0 Å². The number of hydrogen-bond donors (Lipinski definition) is 1. The van der Waals surface area contributed by atoms with Gasteiger partial charge in [0.2, 0.25) is 5.95 Å². The molecule has 3 aromatic rings. The Morgan fingerprint density at radius 2 is 1.85 bits per heavy atom. The van der Waals surface area contributed by atoms with Gasteiger partial charge in [0.1, 0.15) is 5.82 Å². The number of nitrogens with one attached hydrogen (secondary N) is 1. The maximum atomic E-state index is 13.4. The average Bonchev–Trinajstić information content (AvgIpc) is 2.81. The van der Waals surface area contributed by atoms with Crippen LogP contribution in [0.15, 0.2) is 60.8 Å². The monoisotopic (exact) mass is 267 g/mol. The summed E-state index contributed by atoms with van der Waals surface area (Å²) in [6, 6.07) is 16.2. The lowest BCUT2D eigenvalue weighted by Gasteiger charge is -2.09. The highest BCUT2D eigenvalue weighted by Crippen LogP contribution is 2.21. The van der Waals surface area contributed by atoms with E-state index in [0.29, 0.717) is 5.95 Å². The largest absolute Gasteiger partial charge is 0.325 e. The first kappa shape index (κ1) is 12.4. The van der Waals surface area contributed by atoms with Crippen LogP contribution in [-0.2, 0) is 0 Å². The minimum Gasteiger partial charge on any atom is -0.325 e. The summed E-state index contributed by atoms with van der Waals surface area (Å²) in [5, 5.41) is 3.24. The van der Waals surface area contributed by atoms with Gasteiger partial charge < -0.3 is 5.32 Å². The van der Waals surface area contributed by atoms with Gasteiger partial charge in [0.15, 0.2) is 0 Å². The zero-order valence-corrected chi connectivity index (χ0v) is 11.0. The first-order chi connectivity index (χ1) is 9.72. The summed E-state index contributed by atoms with van der Waals surface area (Å²) >= 11 is 0. The van der Waals surface area contributed by atoms with E-state index in [9.17, 15) is 4.39 Å². The third-order valence-electron chi connectivity index (χ3n) is 2.94. The van der Waals surface area contributed by atoms with Gasteiger partial charge in [-0.15, -0.1) is 0 Å². The van der Waals surface area contributed by atoms with E-state index in [1.54, 1.807) is 6.07 Å². The van der Waals surface area contributed by atoms with Crippen molar-refractivity contribution in [3.8, 4) is 5.69 Å². The number of imidazole rings is 1. The summed E-state index contributed by atoms with van der Waals surface area (Å²) < 4.78 is 15.2. The van der Waals surface area contributed by atoms with Crippen molar-refractivity contribution in [2.24, 2.45) is 0 Å². The van der Waals surface area contributed by atoms with E-state index in [4.69, 9.17) is 0 Å². The molecule has 0 saturated heterocycles. The van der Waals surface area contributed by atoms with Crippen LogP contribution in [0.2, 0.25) is 0 Å². The SMILES string of the molecule is Cc1cn(-c2cccc(F)c2)c(Nc2ccccc2)n1. The fourth-order valence-corrected chi connectivity index (χ4v) is 2.06. The van der Waals surface area contributed by atoms with Crippen molar-refractivity contribution in [1.29, 1.82) is 0 Å². The van der Waals surface area contributed by atoms with Gasteiger partial charge in [-0.1, -0.05) is 24.3 Å². The summed E-state index contributed by atoms with van der Waals surface area (Å²) in [6.07, 6.45) is 1.88. The lowest BCUT2D eigenvalue weighted by Crippen LogP contribution is -2.01. The van der Waals surface area contributed by atoms with E-state index in [1.165, 1.54) is 12.1 Å². The van der Waals surface area contributed by atoms with Gasteiger partial charge in [0.05, 0.1) is 11.4 Å². The highest BCUT2D eigenvalue weighted by molar-refractivity contribution is 5.56. The Kier molecular flexibility index (Phi) is 3.21. The van der Waals surface area contributed by atoms with Crippen LogP contribution >= 0.6 is 0 Å². The summed E-state index contributed by atoms with van der Waals surface area (Å²) in [4.78, 5) is 4.44. The van der Waals surface area contributed by atoms with Crippen LogP contribution < -0.4 is 5.32 Å². The fraction of sp³-hybridized carbons (Fsp3) is 0.0625. The maximum Gasteiger partial charge on any atom is 0.212 e. The van der Waals surface area contributed by atoms with Crippen molar-refractivity contribution in [1.82, 2.24) is 9.55 Å². The van der Waals surface area contributed by atoms with E-state index >= 15 is 0 Å². The van der Waals surface area contributed by atoms with Crippen LogP contribution in [-0.4, -0.2) is 9.55 Å². The molecule has 0 radical (unpaired) electrons. The molecule has 0 spiro atoms. The Morgan fingerprint density at radius 1 is 1.05 bits per heavy atom. The molecule has 0 aliphatic carbocycles. The number of hydrogen-bond acceptors (Lipinski definition) is 2. The molecule has 0 fully saturated rings. The Labute approximate surface area is 116 Å². The highest BCUT2D eigenvalue weighted by atomic mass is 19.1. The lowest BCUT2D eigenvalue weighted by atomic mass is 10.3. The molecule has 0 bridgehead atoms. The molecule has 0 amide bonds. The summed E-state index contributed by atoms with van der Waals surface area (Å²) in [5.74, 6) is 0.402. The van der Waals surface area contributed by atoms with E-state index in [-0.39, 0.29) is 5.82 Å². The number of rotatable bonds is 3. The molecular weight excluding hydrogens is 253 g/mol. The minimum atomic E-state index is -0.264. The van der Waals surface area contributed by atoms with Crippen LogP contribution in [0.1, 0.15) is 5.69 Å². The average molecular weight is 267 g/mol. The third kappa shape index (κ3) is 2.54. The van der Waals surface area contributed by atoms with Crippen molar-refractivity contribution >= 4 is 11.6 Å². The molecule has 1 N–H and O–H groups in total. The number of aromatic nitrogens is 2. The molecule has 4 heteroatoms. The molecule has 0 saturated carbocycles. The molecule has 0 atom stereocenters. The minimum absolute atomic E-state index is 0.264. The van der Waals surface area contributed by atoms with Gasteiger partial charge in [-0.3, -0.25) is 4.57 Å². The fourth-order valence-electron chi connectivity index (χ4n) is 2.06. The summed E-state index contributed by atoms with van der Waals surface area (Å²) in [7, 11) is 0. The Morgan fingerprint density at radius 3 is 2.60 bits per heavy atom. The van der Waals surface area contributed by atoms with Crippen LogP contribution in [0.5, 0.6) is 0 Å². The zero-order valence-electron chi connectivity index (χ0n) is 11.0. The molecule has 3 nitrogen and oxygen atoms in total. The van der Waals surface area contributed by atoms with E-state index in [1.807, 2.05) is 54.1 Å². The van der Waals surface area contributed by atoms with E-state index in [0.717, 1.165) is 17.1 Å². The molecule has 0 aliphatic rings. The molecule has 20 heavy (non-hydrogen) atoms. The maximum absolute atomic E-state index is 13.4. The first-order valence-electron chi connectivity index (χ1n) is 6.36. The standard InChI is InChI=1S/C16H14FN3/c1-12-11-20(15-9-5-6-13(17)10-15)16(18-12)19-14-7-3-2-4-8-14/h2-11H,1H3,(H,18,19). The van der Waals surface area contributed by atoms with E-state index in [2.05, 4.69) is 10.3 Å². The summed E-state index contributed by atoms with van der Waals surface area (Å²) in [6.45, 7) is 1.91. The number of benzene rings is 2. The Bertz CT molecular complexity index is 720. The molecule has 3 rings (SSSR count).